The van der Waals surface area contributed by atoms with Crippen LogP contribution in [0.3, 0.4) is 0 Å². The third kappa shape index (κ3) is 4.87. The van der Waals surface area contributed by atoms with Gasteiger partial charge in [-0.2, -0.15) is 0 Å². The number of halogens is 1. The maximum atomic E-state index is 12.1. The van der Waals surface area contributed by atoms with Gasteiger partial charge in [0.1, 0.15) is 0 Å². The molecule has 1 amide bonds. The number of anilines is 1. The van der Waals surface area contributed by atoms with E-state index in [0.29, 0.717) is 21.5 Å². The summed E-state index contributed by atoms with van der Waals surface area (Å²) in [6.07, 6.45) is 0. The second kappa shape index (κ2) is 8.39. The molecule has 0 saturated carbocycles. The molecular formula is C21H14BrNO4. The minimum Gasteiger partial charge on any atom is -0.465 e. The number of esters is 1. The summed E-state index contributed by atoms with van der Waals surface area (Å²) < 4.78 is 10.4. The van der Waals surface area contributed by atoms with Crippen molar-refractivity contribution in [1.82, 2.24) is 0 Å². The van der Waals surface area contributed by atoms with E-state index in [0.717, 1.165) is 5.56 Å². The number of nitrogens with one attached hydrogen (secondary N) is 1. The van der Waals surface area contributed by atoms with Gasteiger partial charge in [-0.15, -0.1) is 0 Å². The molecule has 0 bridgehead atoms. The molecule has 134 valence electrons. The van der Waals surface area contributed by atoms with Gasteiger partial charge in [-0.05, 0) is 64.5 Å². The number of carbonyl (C=O) groups is 2. The third-order valence-corrected chi connectivity index (χ3v) is 3.98. The van der Waals surface area contributed by atoms with E-state index in [1.54, 1.807) is 54.6 Å². The lowest BCUT2D eigenvalue weighted by Gasteiger charge is -2.03. The van der Waals surface area contributed by atoms with Crippen LogP contribution < -0.4 is 5.32 Å². The molecule has 2 aromatic carbocycles. The monoisotopic (exact) mass is 423 g/mol. The van der Waals surface area contributed by atoms with Gasteiger partial charge in [-0.1, -0.05) is 24.0 Å². The molecule has 0 spiro atoms. The molecule has 0 fully saturated rings. The van der Waals surface area contributed by atoms with Crippen LogP contribution in [0.5, 0.6) is 0 Å². The fourth-order valence-corrected chi connectivity index (χ4v) is 2.60. The summed E-state index contributed by atoms with van der Waals surface area (Å²) >= 11 is 3.16. The summed E-state index contributed by atoms with van der Waals surface area (Å²) in [6.45, 7) is 0. The van der Waals surface area contributed by atoms with E-state index in [1.807, 2.05) is 6.07 Å². The third-order valence-electron chi connectivity index (χ3n) is 3.55. The lowest BCUT2D eigenvalue weighted by molar-refractivity contribution is 0.0600. The van der Waals surface area contributed by atoms with Gasteiger partial charge in [0.2, 0.25) is 0 Å². The highest BCUT2D eigenvalue weighted by Crippen LogP contribution is 2.17. The maximum absolute atomic E-state index is 12.1. The highest BCUT2D eigenvalue weighted by atomic mass is 79.9. The van der Waals surface area contributed by atoms with Crippen LogP contribution >= 0.6 is 15.9 Å². The maximum Gasteiger partial charge on any atom is 0.337 e. The Morgan fingerprint density at radius 3 is 2.37 bits per heavy atom. The summed E-state index contributed by atoms with van der Waals surface area (Å²) in [5.41, 5.74) is 2.45. The van der Waals surface area contributed by atoms with E-state index in [-0.39, 0.29) is 11.7 Å². The molecule has 3 rings (SSSR count). The van der Waals surface area contributed by atoms with Gasteiger partial charge in [-0.3, -0.25) is 4.79 Å². The number of ether oxygens (including phenoxy) is 1. The van der Waals surface area contributed by atoms with Gasteiger partial charge in [0.25, 0.3) is 5.91 Å². The van der Waals surface area contributed by atoms with Crippen molar-refractivity contribution in [3.8, 4) is 11.8 Å². The quantitative estimate of drug-likeness (QED) is 0.497. The van der Waals surface area contributed by atoms with Crippen molar-refractivity contribution in [3.05, 3.63) is 87.8 Å². The Balaban J connectivity index is 1.76. The molecule has 27 heavy (non-hydrogen) atoms. The zero-order valence-corrected chi connectivity index (χ0v) is 15.9. The molecule has 0 unspecified atom stereocenters. The van der Waals surface area contributed by atoms with E-state index < -0.39 is 5.97 Å². The summed E-state index contributed by atoms with van der Waals surface area (Å²) in [5, 5.41) is 2.76. The number of amides is 1. The Kier molecular flexibility index (Phi) is 5.74. The summed E-state index contributed by atoms with van der Waals surface area (Å²) in [4.78, 5) is 23.7. The van der Waals surface area contributed by atoms with Crippen LogP contribution in [-0.2, 0) is 4.74 Å². The minimum atomic E-state index is -0.409. The highest BCUT2D eigenvalue weighted by molar-refractivity contribution is 9.10. The van der Waals surface area contributed by atoms with Crippen molar-refractivity contribution in [2.45, 2.75) is 0 Å². The van der Waals surface area contributed by atoms with Gasteiger partial charge < -0.3 is 14.5 Å². The molecule has 0 atom stereocenters. The number of carbonyl (C=O) groups excluding carboxylic acids is 2. The topological polar surface area (TPSA) is 68.5 Å². The summed E-state index contributed by atoms with van der Waals surface area (Å²) in [7, 11) is 1.34. The molecule has 1 heterocycles. The molecule has 0 radical (unpaired) electrons. The first-order chi connectivity index (χ1) is 13.0. The molecule has 0 saturated heterocycles. The van der Waals surface area contributed by atoms with E-state index in [9.17, 15) is 9.59 Å². The highest BCUT2D eigenvalue weighted by Gasteiger charge is 2.10. The molecule has 5 nitrogen and oxygen atoms in total. The van der Waals surface area contributed by atoms with Crippen LogP contribution in [0.25, 0.3) is 0 Å². The predicted octanol–water partition coefficient (Wildman–Crippen LogP) is 4.48. The smallest absolute Gasteiger partial charge is 0.337 e. The number of hydrogen-bond acceptors (Lipinski definition) is 4. The van der Waals surface area contributed by atoms with Crippen molar-refractivity contribution in [1.29, 1.82) is 0 Å². The van der Waals surface area contributed by atoms with E-state index in [4.69, 9.17) is 9.15 Å². The Morgan fingerprint density at radius 1 is 1.00 bits per heavy atom. The number of rotatable bonds is 3. The fourth-order valence-electron chi connectivity index (χ4n) is 2.29. The number of furan rings is 1. The van der Waals surface area contributed by atoms with Gasteiger partial charge in [0.15, 0.2) is 10.4 Å². The molecule has 0 aliphatic rings. The number of hydrogen-bond donors (Lipinski definition) is 1. The van der Waals surface area contributed by atoms with Crippen molar-refractivity contribution < 1.29 is 18.7 Å². The van der Waals surface area contributed by atoms with Crippen molar-refractivity contribution >= 4 is 33.5 Å². The van der Waals surface area contributed by atoms with Gasteiger partial charge >= 0.3 is 5.97 Å². The Bertz CT molecular complexity index is 1060. The second-order valence-corrected chi connectivity index (χ2v) is 6.24. The van der Waals surface area contributed by atoms with Crippen LogP contribution in [0.2, 0.25) is 0 Å². The Labute approximate surface area is 164 Å². The Morgan fingerprint density at radius 2 is 1.70 bits per heavy atom. The number of benzene rings is 2. The van der Waals surface area contributed by atoms with Crippen LogP contribution in [0, 0.1) is 11.8 Å². The first-order valence-electron chi connectivity index (χ1n) is 7.92. The van der Waals surface area contributed by atoms with E-state index >= 15 is 0 Å². The summed E-state index contributed by atoms with van der Waals surface area (Å²) in [6, 6.07) is 17.3. The lowest BCUT2D eigenvalue weighted by Crippen LogP contribution is -2.10. The standard InChI is InChI=1S/C21H14BrNO4/c1-26-21(25)16-6-2-4-14(12-16)8-9-15-5-3-7-17(13-15)23-20(24)18-10-11-19(22)27-18/h2-7,10-13H,1H3,(H,23,24). The fraction of sp³-hybridized carbons (Fsp3) is 0.0476. The van der Waals surface area contributed by atoms with Gasteiger partial charge in [0.05, 0.1) is 12.7 Å². The van der Waals surface area contributed by atoms with Crippen LogP contribution in [0.15, 0.2) is 69.8 Å². The Hall–Kier alpha value is -3.30. The largest absolute Gasteiger partial charge is 0.465 e. The lowest BCUT2D eigenvalue weighted by atomic mass is 10.1. The predicted molar refractivity (Wildman–Crippen MR) is 105 cm³/mol. The average molecular weight is 424 g/mol. The van der Waals surface area contributed by atoms with Crippen LogP contribution in [0.1, 0.15) is 32.0 Å². The van der Waals surface area contributed by atoms with E-state index in [1.165, 1.54) is 7.11 Å². The summed E-state index contributed by atoms with van der Waals surface area (Å²) in [5.74, 6) is 5.47. The normalized spacial score (nSPS) is 9.85. The average Bonchev–Trinajstić information content (AvgIpc) is 3.13. The molecule has 0 aliphatic heterocycles. The number of methoxy groups -OCH3 is 1. The first kappa shape index (κ1) is 18.5. The van der Waals surface area contributed by atoms with Gasteiger partial charge in [-0.25, -0.2) is 4.79 Å². The van der Waals surface area contributed by atoms with Crippen LogP contribution in [0.4, 0.5) is 5.69 Å². The molecular weight excluding hydrogens is 410 g/mol. The van der Waals surface area contributed by atoms with Crippen LogP contribution in [-0.4, -0.2) is 19.0 Å². The van der Waals surface area contributed by atoms with Crippen molar-refractivity contribution in [2.75, 3.05) is 12.4 Å². The minimum absolute atomic E-state index is 0.206. The van der Waals surface area contributed by atoms with Crippen molar-refractivity contribution in [2.24, 2.45) is 0 Å². The zero-order valence-electron chi connectivity index (χ0n) is 14.3. The molecule has 1 aromatic heterocycles. The zero-order chi connectivity index (χ0) is 19.2. The van der Waals surface area contributed by atoms with E-state index in [2.05, 4.69) is 33.1 Å². The van der Waals surface area contributed by atoms with Crippen molar-refractivity contribution in [3.63, 3.8) is 0 Å². The molecule has 3 aromatic rings. The molecule has 0 aliphatic carbocycles. The van der Waals surface area contributed by atoms with Gasteiger partial charge in [0, 0.05) is 16.8 Å². The SMILES string of the molecule is COC(=O)c1cccc(C#Cc2cccc(NC(=O)c3ccc(Br)o3)c2)c1. The molecule has 6 heteroatoms. The first-order valence-corrected chi connectivity index (χ1v) is 8.71. The second-order valence-electron chi connectivity index (χ2n) is 5.46. The molecule has 1 N–H and O–H groups in total.